The van der Waals surface area contributed by atoms with Crippen LogP contribution in [0.1, 0.15) is 12.8 Å². The normalized spacial score (nSPS) is 26.1. The molecule has 1 aliphatic rings. The lowest BCUT2D eigenvalue weighted by Crippen LogP contribution is -2.35. The van der Waals surface area contributed by atoms with Crippen LogP contribution in [0.4, 0.5) is 13.2 Å². The fourth-order valence-electron chi connectivity index (χ4n) is 0.677. The van der Waals surface area contributed by atoms with Gasteiger partial charge in [-0.1, -0.05) is 27.5 Å². The Balaban J connectivity index is 2.66. The van der Waals surface area contributed by atoms with E-state index in [9.17, 15) is 13.2 Å². The van der Waals surface area contributed by atoms with Crippen LogP contribution < -0.4 is 0 Å². The van der Waals surface area contributed by atoms with Crippen molar-refractivity contribution < 1.29 is 13.2 Å². The molecule has 0 saturated heterocycles. The highest BCUT2D eigenvalue weighted by Crippen LogP contribution is 2.56. The number of hydrogen-bond donors (Lipinski definition) is 0. The van der Waals surface area contributed by atoms with Crippen LogP contribution in [0.25, 0.3) is 0 Å². The predicted molar refractivity (Wildman–Crippen MR) is 36.3 cm³/mol. The zero-order valence-electron chi connectivity index (χ0n) is 4.88. The molecule has 0 aliphatic heterocycles. The Kier molecular flexibility index (Phi) is 1.97. The third-order valence-corrected chi connectivity index (χ3v) is 3.09. The van der Waals surface area contributed by atoms with Gasteiger partial charge in [-0.15, -0.1) is 0 Å². The molecule has 1 rings (SSSR count). The van der Waals surface area contributed by atoms with E-state index in [0.29, 0.717) is 12.8 Å². The summed E-state index contributed by atoms with van der Waals surface area (Å²) < 4.78 is 33.7. The Morgan fingerprint density at radius 3 is 1.80 bits per heavy atom. The summed E-state index contributed by atoms with van der Waals surface area (Å²) in [4.78, 5) is 0. The number of alkyl halides is 5. The van der Waals surface area contributed by atoms with Gasteiger partial charge in [0, 0.05) is 0 Å². The van der Waals surface area contributed by atoms with Crippen molar-refractivity contribution in [1.29, 1.82) is 0 Å². The van der Waals surface area contributed by atoms with Gasteiger partial charge in [-0.3, -0.25) is 0 Å². The van der Waals surface area contributed by atoms with Gasteiger partial charge in [-0.05, 0) is 18.8 Å². The lowest BCUT2D eigenvalue weighted by Gasteiger charge is -2.22. The van der Waals surface area contributed by atoms with Crippen molar-refractivity contribution in [1.82, 2.24) is 0 Å². The van der Waals surface area contributed by atoms with Crippen molar-refractivity contribution in [3.05, 3.63) is 0 Å². The fraction of sp³-hybridized carbons (Fsp3) is 1.00. The van der Waals surface area contributed by atoms with Crippen LogP contribution in [-0.4, -0.2) is 9.96 Å². The van der Waals surface area contributed by atoms with Crippen LogP contribution in [-0.2, 0) is 0 Å². The van der Waals surface area contributed by atoms with E-state index in [0.717, 1.165) is 0 Å². The number of hydrogen-bond acceptors (Lipinski definition) is 0. The quantitative estimate of drug-likeness (QED) is 0.614. The molecule has 0 N–H and O–H groups in total. The lowest BCUT2D eigenvalue weighted by atomic mass is 10.3. The van der Waals surface area contributed by atoms with Crippen molar-refractivity contribution in [3.8, 4) is 0 Å². The summed E-state index contributed by atoms with van der Waals surface area (Å²) >= 11 is 7.67. The lowest BCUT2D eigenvalue weighted by molar-refractivity contribution is -0.141. The zero-order valence-corrected chi connectivity index (χ0v) is 7.22. The Morgan fingerprint density at radius 1 is 1.30 bits per heavy atom. The Bertz CT molecular complexity index is 138. The second-order valence-corrected chi connectivity index (χ2v) is 4.70. The largest absolute Gasteiger partial charge is 0.417 e. The Hall–Kier alpha value is 0.560. The summed E-state index contributed by atoms with van der Waals surface area (Å²) in [6, 6.07) is 0. The molecule has 1 fully saturated rings. The summed E-state index contributed by atoms with van der Waals surface area (Å²) in [5.74, 6) is -0.436. The van der Waals surface area contributed by atoms with Gasteiger partial charge in [0.05, 0.1) is 0 Å². The monoisotopic (exact) mass is 236 g/mol. The van der Waals surface area contributed by atoms with E-state index >= 15 is 0 Å². The molecule has 1 unspecified atom stereocenters. The molecule has 0 spiro atoms. The molecule has 1 aliphatic carbocycles. The maximum atomic E-state index is 11.9. The Morgan fingerprint density at radius 2 is 1.70 bits per heavy atom. The third-order valence-electron chi connectivity index (χ3n) is 1.47. The highest BCUT2D eigenvalue weighted by molar-refractivity contribution is 9.10. The van der Waals surface area contributed by atoms with Gasteiger partial charge in [-0.25, -0.2) is 0 Å². The van der Waals surface area contributed by atoms with Gasteiger partial charge >= 0.3 is 6.18 Å². The molecule has 0 nitrogen and oxygen atoms in total. The summed E-state index contributed by atoms with van der Waals surface area (Å²) in [5.41, 5.74) is 0. The predicted octanol–water partition coefficient (Wildman–Crippen LogP) is 3.29. The van der Waals surface area contributed by atoms with E-state index in [1.165, 1.54) is 0 Å². The zero-order chi connectivity index (χ0) is 7.99. The Labute approximate surface area is 69.9 Å². The minimum Gasteiger partial charge on any atom is -0.168 e. The van der Waals surface area contributed by atoms with Crippen LogP contribution in [0.2, 0.25) is 0 Å². The smallest absolute Gasteiger partial charge is 0.168 e. The van der Waals surface area contributed by atoms with E-state index in [2.05, 4.69) is 15.9 Å². The molecule has 0 heterocycles. The molecule has 60 valence electrons. The summed E-state index contributed by atoms with van der Waals surface area (Å²) in [6.45, 7) is 0. The first-order chi connectivity index (χ1) is 4.36. The van der Waals surface area contributed by atoms with Crippen molar-refractivity contribution in [2.75, 3.05) is 0 Å². The van der Waals surface area contributed by atoms with E-state index in [1.54, 1.807) is 0 Å². The number of halogens is 5. The van der Waals surface area contributed by atoms with Crippen molar-refractivity contribution in [3.63, 3.8) is 0 Å². The molecular formula is C5H5BrClF3. The van der Waals surface area contributed by atoms with E-state index < -0.39 is 15.9 Å². The standard InChI is InChI=1S/C5H5BrClF3/c6-4(7,3-1-2-3)5(8,9)10/h3H,1-2H2. The molecule has 0 amide bonds. The molecule has 0 radical (unpaired) electrons. The number of rotatable bonds is 1. The van der Waals surface area contributed by atoms with Crippen LogP contribution in [0.3, 0.4) is 0 Å². The summed E-state index contributed by atoms with van der Waals surface area (Å²) in [6.07, 6.45) is -3.21. The van der Waals surface area contributed by atoms with Crippen molar-refractivity contribution in [2.24, 2.45) is 5.92 Å². The highest BCUT2D eigenvalue weighted by Gasteiger charge is 2.60. The fourth-order valence-corrected chi connectivity index (χ4v) is 1.35. The molecule has 10 heavy (non-hydrogen) atoms. The van der Waals surface area contributed by atoms with Crippen LogP contribution in [0.5, 0.6) is 0 Å². The first-order valence-corrected chi connectivity index (χ1v) is 3.97. The average molecular weight is 237 g/mol. The molecule has 0 aromatic heterocycles. The summed E-state index contributed by atoms with van der Waals surface area (Å²) in [7, 11) is 0. The SMILES string of the molecule is FC(F)(F)C(Cl)(Br)C1CC1. The molecule has 1 saturated carbocycles. The molecule has 5 heteroatoms. The first kappa shape index (κ1) is 8.65. The van der Waals surface area contributed by atoms with Gasteiger partial charge in [0.25, 0.3) is 0 Å². The van der Waals surface area contributed by atoms with E-state index in [1.807, 2.05) is 0 Å². The second-order valence-electron chi connectivity index (χ2n) is 2.39. The minimum absolute atomic E-state index is 0.436. The van der Waals surface area contributed by atoms with E-state index in [-0.39, 0.29) is 0 Å². The second kappa shape index (κ2) is 2.27. The molecule has 0 bridgehead atoms. The average Bonchev–Trinajstić information content (AvgIpc) is 2.38. The molecule has 0 aromatic carbocycles. The van der Waals surface area contributed by atoms with E-state index in [4.69, 9.17) is 11.6 Å². The minimum atomic E-state index is -4.34. The summed E-state index contributed by atoms with van der Waals surface area (Å²) in [5, 5.41) is 0. The van der Waals surface area contributed by atoms with Crippen molar-refractivity contribution >= 4 is 27.5 Å². The van der Waals surface area contributed by atoms with Crippen LogP contribution >= 0.6 is 27.5 Å². The van der Waals surface area contributed by atoms with Gasteiger partial charge in [0.15, 0.2) is 3.78 Å². The van der Waals surface area contributed by atoms with Gasteiger partial charge in [0.1, 0.15) is 0 Å². The van der Waals surface area contributed by atoms with Gasteiger partial charge in [-0.2, -0.15) is 13.2 Å². The first-order valence-electron chi connectivity index (χ1n) is 2.80. The molecule has 0 aromatic rings. The highest BCUT2D eigenvalue weighted by atomic mass is 79.9. The van der Waals surface area contributed by atoms with Crippen LogP contribution in [0, 0.1) is 5.92 Å². The van der Waals surface area contributed by atoms with Gasteiger partial charge in [0.2, 0.25) is 0 Å². The molecular weight excluding hydrogens is 232 g/mol. The maximum absolute atomic E-state index is 11.9. The van der Waals surface area contributed by atoms with Crippen molar-refractivity contribution in [2.45, 2.75) is 22.8 Å². The van der Waals surface area contributed by atoms with Gasteiger partial charge < -0.3 is 0 Å². The maximum Gasteiger partial charge on any atom is 0.417 e. The molecule has 1 atom stereocenters. The topological polar surface area (TPSA) is 0 Å². The third kappa shape index (κ3) is 1.42. The van der Waals surface area contributed by atoms with Crippen LogP contribution in [0.15, 0.2) is 0 Å².